The number of rotatable bonds is 6. The summed E-state index contributed by atoms with van der Waals surface area (Å²) in [7, 11) is -4.10. The maximum Gasteiger partial charge on any atom is 0.290 e. The van der Waals surface area contributed by atoms with Gasteiger partial charge in [0.15, 0.2) is 5.76 Å². The van der Waals surface area contributed by atoms with E-state index in [9.17, 15) is 18.3 Å². The molecule has 0 radical (unpaired) electrons. The lowest BCUT2D eigenvalue weighted by Gasteiger charge is -2.27. The molecule has 0 fully saturated rings. The summed E-state index contributed by atoms with van der Waals surface area (Å²) in [6.45, 7) is 2.14. The van der Waals surface area contributed by atoms with E-state index >= 15 is 0 Å². The fourth-order valence-corrected chi connectivity index (χ4v) is 5.88. The fourth-order valence-electron chi connectivity index (χ4n) is 3.80. The highest BCUT2D eigenvalue weighted by Gasteiger charge is 2.46. The average molecular weight is 466 g/mol. The van der Waals surface area contributed by atoms with Gasteiger partial charge in [-0.05, 0) is 48.6 Å². The number of thioether (sulfide) groups is 1. The molecule has 3 aromatic rings. The second-order valence-corrected chi connectivity index (χ2v) is 10.4. The number of sulfone groups is 1. The minimum absolute atomic E-state index is 0.0391. The molecule has 0 bridgehead atoms. The number of hydrogen-bond acceptors (Lipinski definition) is 5. The molecule has 4 rings (SSSR count). The van der Waals surface area contributed by atoms with E-state index in [2.05, 4.69) is 0 Å². The van der Waals surface area contributed by atoms with Crippen molar-refractivity contribution in [3.8, 4) is 0 Å². The van der Waals surface area contributed by atoms with Gasteiger partial charge in [-0.2, -0.15) is 0 Å². The minimum Gasteiger partial charge on any atom is -0.502 e. The Labute approximate surface area is 192 Å². The van der Waals surface area contributed by atoms with Crippen molar-refractivity contribution >= 4 is 27.5 Å². The summed E-state index contributed by atoms with van der Waals surface area (Å²) in [5.41, 5.74) is 2.56. The van der Waals surface area contributed by atoms with Gasteiger partial charge in [0.2, 0.25) is 9.84 Å². The Kier molecular flexibility index (Phi) is 6.13. The van der Waals surface area contributed by atoms with Crippen LogP contribution in [0, 0.1) is 6.92 Å². The van der Waals surface area contributed by atoms with E-state index in [0.717, 1.165) is 16.0 Å². The van der Waals surface area contributed by atoms with Gasteiger partial charge in [0.05, 0.1) is 10.9 Å². The molecule has 1 unspecified atom stereocenters. The lowest BCUT2D eigenvalue weighted by atomic mass is 10.1. The molecule has 1 aliphatic rings. The van der Waals surface area contributed by atoms with Gasteiger partial charge in [-0.3, -0.25) is 4.79 Å². The predicted octanol–water partition coefficient (Wildman–Crippen LogP) is 5.04. The summed E-state index contributed by atoms with van der Waals surface area (Å²) in [6, 6.07) is 22.0. The van der Waals surface area contributed by atoms with E-state index in [0.29, 0.717) is 5.56 Å². The molecule has 1 heterocycles. The van der Waals surface area contributed by atoms with Gasteiger partial charge in [0.25, 0.3) is 5.91 Å². The molecule has 0 aliphatic carbocycles. The average Bonchev–Trinajstić information content (AvgIpc) is 3.06. The second-order valence-electron chi connectivity index (χ2n) is 7.62. The molecule has 0 saturated carbocycles. The van der Waals surface area contributed by atoms with Gasteiger partial charge in [-0.15, -0.1) is 11.8 Å². The molecule has 0 spiro atoms. The van der Waals surface area contributed by atoms with Gasteiger partial charge < -0.3 is 10.0 Å². The summed E-state index contributed by atoms with van der Waals surface area (Å²) in [5.74, 6) is -1.42. The molecule has 1 aliphatic heterocycles. The molecule has 1 amide bonds. The van der Waals surface area contributed by atoms with Crippen molar-refractivity contribution in [2.45, 2.75) is 29.3 Å². The lowest BCUT2D eigenvalue weighted by Crippen LogP contribution is -2.30. The first-order chi connectivity index (χ1) is 15.3. The molecule has 0 aromatic heterocycles. The summed E-state index contributed by atoms with van der Waals surface area (Å²) < 4.78 is 27.1. The maximum absolute atomic E-state index is 13.5. The number of amides is 1. The first kappa shape index (κ1) is 22.2. The molecule has 3 aromatic carbocycles. The third-order valence-electron chi connectivity index (χ3n) is 5.50. The van der Waals surface area contributed by atoms with Gasteiger partial charge in [-0.25, -0.2) is 8.42 Å². The Balaban J connectivity index is 1.84. The van der Waals surface area contributed by atoms with Crippen molar-refractivity contribution in [2.75, 3.05) is 6.26 Å². The van der Waals surface area contributed by atoms with Gasteiger partial charge in [0.1, 0.15) is 4.91 Å². The van der Waals surface area contributed by atoms with Crippen LogP contribution < -0.4 is 0 Å². The van der Waals surface area contributed by atoms with E-state index in [1.807, 2.05) is 61.7 Å². The predicted molar refractivity (Wildman–Crippen MR) is 126 cm³/mol. The molecule has 1 atom stereocenters. The number of aliphatic hydroxyl groups excluding tert-OH is 1. The third kappa shape index (κ3) is 4.06. The summed E-state index contributed by atoms with van der Waals surface area (Å²) in [5, 5.41) is 10.8. The fraction of sp³-hybridized carbons (Fsp3) is 0.160. The Morgan fingerprint density at radius 3 is 2.16 bits per heavy atom. The van der Waals surface area contributed by atoms with Crippen molar-refractivity contribution in [3.63, 3.8) is 0 Å². The molecule has 0 saturated heterocycles. The van der Waals surface area contributed by atoms with Crippen molar-refractivity contribution in [3.05, 3.63) is 106 Å². The summed E-state index contributed by atoms with van der Waals surface area (Å²) >= 11 is 1.57. The first-order valence-corrected chi connectivity index (χ1v) is 12.8. The Morgan fingerprint density at radius 1 is 0.938 bits per heavy atom. The zero-order valence-corrected chi connectivity index (χ0v) is 19.4. The van der Waals surface area contributed by atoms with Crippen LogP contribution in [0.4, 0.5) is 0 Å². The number of carbonyl (C=O) groups is 1. The van der Waals surface area contributed by atoms with Crippen LogP contribution >= 0.6 is 11.8 Å². The van der Waals surface area contributed by atoms with Crippen LogP contribution in [0.25, 0.3) is 0 Å². The molecule has 164 valence electrons. The van der Waals surface area contributed by atoms with Crippen LogP contribution in [0.3, 0.4) is 0 Å². The molecule has 5 nitrogen and oxygen atoms in total. The third-order valence-corrected chi connectivity index (χ3v) is 8.14. The van der Waals surface area contributed by atoms with Crippen LogP contribution in [0.15, 0.2) is 99.3 Å². The summed E-state index contributed by atoms with van der Waals surface area (Å²) in [4.78, 5) is 15.3. The highest BCUT2D eigenvalue weighted by molar-refractivity contribution is 7.98. The van der Waals surface area contributed by atoms with E-state index in [-0.39, 0.29) is 16.3 Å². The Hall–Kier alpha value is -3.03. The zero-order chi connectivity index (χ0) is 22.9. The van der Waals surface area contributed by atoms with E-state index in [4.69, 9.17) is 0 Å². The smallest absolute Gasteiger partial charge is 0.290 e. The van der Waals surface area contributed by atoms with Crippen molar-refractivity contribution in [1.29, 1.82) is 0 Å². The van der Waals surface area contributed by atoms with E-state index in [1.165, 1.54) is 17.0 Å². The highest BCUT2D eigenvalue weighted by atomic mass is 32.2. The van der Waals surface area contributed by atoms with Crippen LogP contribution in [0.2, 0.25) is 0 Å². The largest absolute Gasteiger partial charge is 0.502 e. The van der Waals surface area contributed by atoms with E-state index < -0.39 is 27.5 Å². The molecular weight excluding hydrogens is 442 g/mol. The molecule has 32 heavy (non-hydrogen) atoms. The lowest BCUT2D eigenvalue weighted by molar-refractivity contribution is -0.130. The first-order valence-electron chi connectivity index (χ1n) is 10.1. The summed E-state index contributed by atoms with van der Waals surface area (Å²) in [6.07, 6.45) is 1.95. The van der Waals surface area contributed by atoms with Crippen LogP contribution in [0.5, 0.6) is 0 Å². The number of carbonyl (C=O) groups excluding carboxylic acids is 1. The van der Waals surface area contributed by atoms with Crippen molar-refractivity contribution < 1.29 is 18.3 Å². The Bertz CT molecular complexity index is 1270. The number of benzene rings is 3. The number of aliphatic hydroxyl groups is 1. The van der Waals surface area contributed by atoms with Crippen molar-refractivity contribution in [1.82, 2.24) is 4.90 Å². The van der Waals surface area contributed by atoms with Crippen LogP contribution in [-0.4, -0.2) is 30.6 Å². The number of nitrogens with zero attached hydrogens (tertiary/aromatic N) is 1. The van der Waals surface area contributed by atoms with Crippen LogP contribution in [0.1, 0.15) is 22.7 Å². The monoisotopic (exact) mass is 465 g/mol. The standard InChI is InChI=1S/C25H23NO4S2/c1-17-8-10-18(11-9-17)16-26-22(19-12-14-20(31-2)15-13-19)24(23(27)25(26)28)32(29,30)21-6-4-3-5-7-21/h3-15,22,27H,16H2,1-2H3. The second kappa shape index (κ2) is 8.84. The Morgan fingerprint density at radius 2 is 1.56 bits per heavy atom. The topological polar surface area (TPSA) is 74.7 Å². The van der Waals surface area contributed by atoms with Gasteiger partial charge in [-0.1, -0.05) is 60.2 Å². The zero-order valence-electron chi connectivity index (χ0n) is 17.7. The molecule has 1 N–H and O–H groups in total. The minimum atomic E-state index is -4.10. The van der Waals surface area contributed by atoms with E-state index in [1.54, 1.807) is 30.0 Å². The molecule has 7 heteroatoms. The van der Waals surface area contributed by atoms with Gasteiger partial charge >= 0.3 is 0 Å². The van der Waals surface area contributed by atoms with Crippen molar-refractivity contribution in [2.24, 2.45) is 0 Å². The highest BCUT2D eigenvalue weighted by Crippen LogP contribution is 2.43. The maximum atomic E-state index is 13.5. The quantitative estimate of drug-likeness (QED) is 0.516. The molecular formula is C25H23NO4S2. The van der Waals surface area contributed by atoms with Crippen LogP contribution in [-0.2, 0) is 21.2 Å². The normalized spacial score (nSPS) is 16.6. The SMILES string of the molecule is CSc1ccc(C2C(S(=O)(=O)c3ccccc3)=C(O)C(=O)N2Cc2ccc(C)cc2)cc1. The number of hydrogen-bond donors (Lipinski definition) is 1. The number of aryl methyl sites for hydroxylation is 1. The van der Waals surface area contributed by atoms with Gasteiger partial charge in [0, 0.05) is 11.4 Å².